The van der Waals surface area contributed by atoms with Crippen LogP contribution in [0.3, 0.4) is 0 Å². The molecule has 3 N–H and O–H groups in total. The van der Waals surface area contributed by atoms with Crippen LogP contribution < -0.4 is 16.0 Å². The van der Waals surface area contributed by atoms with Gasteiger partial charge in [-0.2, -0.15) is 0 Å². The summed E-state index contributed by atoms with van der Waals surface area (Å²) >= 11 is 0. The maximum absolute atomic E-state index is 13.6. The molecule has 106 valence electrons. The van der Waals surface area contributed by atoms with E-state index in [-0.39, 0.29) is 24.8 Å². The molecule has 19 heavy (non-hydrogen) atoms. The summed E-state index contributed by atoms with van der Waals surface area (Å²) in [5, 5.41) is 2.83. The average Bonchev–Trinajstić information content (AvgIpc) is 2.36. The number of rotatable bonds is 6. The standard InChI is InChI=1S/C14H22FN3O/c1-10(2)8-17-14(19)9-18(3)12-5-4-11(7-16)13(15)6-12/h4-6,10H,7-9,16H2,1-3H3,(H,17,19). The molecule has 5 heteroatoms. The van der Waals surface area contributed by atoms with Crippen LogP contribution in [0, 0.1) is 11.7 Å². The molecule has 1 rings (SSSR count). The number of likely N-dealkylation sites (N-methyl/N-ethyl adjacent to an activating group) is 1. The van der Waals surface area contributed by atoms with Gasteiger partial charge in [0.15, 0.2) is 0 Å². The van der Waals surface area contributed by atoms with E-state index in [0.717, 1.165) is 0 Å². The SMILES string of the molecule is CC(C)CNC(=O)CN(C)c1ccc(CN)c(F)c1. The molecule has 0 spiro atoms. The molecule has 0 aliphatic rings. The number of hydrogen-bond acceptors (Lipinski definition) is 3. The highest BCUT2D eigenvalue weighted by Gasteiger charge is 2.10. The van der Waals surface area contributed by atoms with Crippen molar-refractivity contribution >= 4 is 11.6 Å². The number of nitrogens with two attached hydrogens (primary N) is 1. The van der Waals surface area contributed by atoms with Crippen molar-refractivity contribution in [1.29, 1.82) is 0 Å². The van der Waals surface area contributed by atoms with Crippen LogP contribution in [-0.4, -0.2) is 26.0 Å². The number of amides is 1. The number of carbonyl (C=O) groups is 1. The Labute approximate surface area is 113 Å². The highest BCUT2D eigenvalue weighted by atomic mass is 19.1. The van der Waals surface area contributed by atoms with Gasteiger partial charge in [-0.25, -0.2) is 4.39 Å². The van der Waals surface area contributed by atoms with Crippen molar-refractivity contribution in [2.45, 2.75) is 20.4 Å². The molecule has 0 unspecified atom stereocenters. The van der Waals surface area contributed by atoms with Gasteiger partial charge in [0.2, 0.25) is 5.91 Å². The summed E-state index contributed by atoms with van der Waals surface area (Å²) in [7, 11) is 1.76. The smallest absolute Gasteiger partial charge is 0.239 e. The number of carbonyl (C=O) groups excluding carboxylic acids is 1. The molecule has 0 atom stereocenters. The lowest BCUT2D eigenvalue weighted by molar-refractivity contribution is -0.119. The Kier molecular flexibility index (Phi) is 5.76. The molecule has 1 amide bonds. The maximum atomic E-state index is 13.6. The molecule has 0 heterocycles. The molecule has 1 aromatic carbocycles. The molecular weight excluding hydrogens is 245 g/mol. The first-order valence-corrected chi connectivity index (χ1v) is 6.40. The second-order valence-electron chi connectivity index (χ2n) is 5.03. The molecule has 0 saturated heterocycles. The summed E-state index contributed by atoms with van der Waals surface area (Å²) in [4.78, 5) is 13.4. The highest BCUT2D eigenvalue weighted by molar-refractivity contribution is 5.81. The van der Waals surface area contributed by atoms with E-state index < -0.39 is 0 Å². The summed E-state index contributed by atoms with van der Waals surface area (Å²) in [6.45, 7) is 5.09. The van der Waals surface area contributed by atoms with Crippen LogP contribution in [0.2, 0.25) is 0 Å². The molecule has 0 radical (unpaired) electrons. The van der Waals surface area contributed by atoms with E-state index in [1.165, 1.54) is 6.07 Å². The summed E-state index contributed by atoms with van der Waals surface area (Å²) in [5.41, 5.74) is 6.54. The Morgan fingerprint density at radius 3 is 2.68 bits per heavy atom. The fourth-order valence-corrected chi connectivity index (χ4v) is 1.62. The zero-order valence-electron chi connectivity index (χ0n) is 11.7. The largest absolute Gasteiger partial charge is 0.365 e. The molecule has 0 aromatic heterocycles. The van der Waals surface area contributed by atoms with Crippen molar-refractivity contribution in [2.75, 3.05) is 25.0 Å². The van der Waals surface area contributed by atoms with Gasteiger partial charge < -0.3 is 16.0 Å². The van der Waals surface area contributed by atoms with E-state index in [0.29, 0.717) is 23.7 Å². The van der Waals surface area contributed by atoms with Gasteiger partial charge in [0.1, 0.15) is 5.82 Å². The normalized spacial score (nSPS) is 10.6. The maximum Gasteiger partial charge on any atom is 0.239 e. The van der Waals surface area contributed by atoms with Gasteiger partial charge >= 0.3 is 0 Å². The van der Waals surface area contributed by atoms with E-state index >= 15 is 0 Å². The van der Waals surface area contributed by atoms with E-state index in [2.05, 4.69) is 5.32 Å². The average molecular weight is 267 g/mol. The zero-order chi connectivity index (χ0) is 14.4. The highest BCUT2D eigenvalue weighted by Crippen LogP contribution is 2.17. The molecular formula is C14H22FN3O. The number of anilines is 1. The lowest BCUT2D eigenvalue weighted by Gasteiger charge is -2.19. The lowest BCUT2D eigenvalue weighted by Crippen LogP contribution is -2.36. The molecule has 0 aliphatic carbocycles. The third kappa shape index (κ3) is 4.87. The van der Waals surface area contributed by atoms with Gasteiger partial charge in [0, 0.05) is 31.4 Å². The van der Waals surface area contributed by atoms with Crippen LogP contribution in [-0.2, 0) is 11.3 Å². The van der Waals surface area contributed by atoms with Gasteiger partial charge in [0.25, 0.3) is 0 Å². The second-order valence-corrected chi connectivity index (χ2v) is 5.03. The monoisotopic (exact) mass is 267 g/mol. The van der Waals surface area contributed by atoms with Crippen LogP contribution in [0.4, 0.5) is 10.1 Å². The van der Waals surface area contributed by atoms with E-state index in [4.69, 9.17) is 5.73 Å². The third-order valence-electron chi connectivity index (χ3n) is 2.79. The topological polar surface area (TPSA) is 58.4 Å². The van der Waals surface area contributed by atoms with Crippen molar-refractivity contribution < 1.29 is 9.18 Å². The molecule has 0 aliphatic heterocycles. The van der Waals surface area contributed by atoms with Crippen LogP contribution in [0.5, 0.6) is 0 Å². The predicted octanol–water partition coefficient (Wildman–Crippen LogP) is 1.49. The summed E-state index contributed by atoms with van der Waals surface area (Å²) in [6, 6.07) is 4.81. The van der Waals surface area contributed by atoms with Crippen molar-refractivity contribution in [2.24, 2.45) is 11.7 Å². The quantitative estimate of drug-likeness (QED) is 0.821. The summed E-state index contributed by atoms with van der Waals surface area (Å²) < 4.78 is 13.6. The lowest BCUT2D eigenvalue weighted by atomic mass is 10.2. The number of benzene rings is 1. The first kappa shape index (κ1) is 15.4. The minimum Gasteiger partial charge on any atom is -0.365 e. The Hall–Kier alpha value is -1.62. The zero-order valence-corrected chi connectivity index (χ0v) is 11.7. The van der Waals surface area contributed by atoms with Crippen LogP contribution >= 0.6 is 0 Å². The van der Waals surface area contributed by atoms with Crippen molar-refractivity contribution in [3.63, 3.8) is 0 Å². The fourth-order valence-electron chi connectivity index (χ4n) is 1.62. The molecule has 0 bridgehead atoms. The first-order chi connectivity index (χ1) is 8.93. The third-order valence-corrected chi connectivity index (χ3v) is 2.79. The van der Waals surface area contributed by atoms with Gasteiger partial charge in [-0.15, -0.1) is 0 Å². The van der Waals surface area contributed by atoms with Crippen LogP contribution in [0.25, 0.3) is 0 Å². The van der Waals surface area contributed by atoms with Gasteiger partial charge in [-0.1, -0.05) is 19.9 Å². The minimum absolute atomic E-state index is 0.0699. The van der Waals surface area contributed by atoms with Crippen molar-refractivity contribution in [1.82, 2.24) is 5.32 Å². The Bertz CT molecular complexity index is 435. The molecule has 4 nitrogen and oxygen atoms in total. The minimum atomic E-state index is -0.338. The Balaban J connectivity index is 2.60. The number of nitrogens with zero attached hydrogens (tertiary/aromatic N) is 1. The van der Waals surface area contributed by atoms with Crippen molar-refractivity contribution in [3.05, 3.63) is 29.6 Å². The Morgan fingerprint density at radius 1 is 1.47 bits per heavy atom. The van der Waals surface area contributed by atoms with Gasteiger partial charge in [0.05, 0.1) is 6.54 Å². The molecule has 0 saturated carbocycles. The van der Waals surface area contributed by atoms with Crippen molar-refractivity contribution in [3.8, 4) is 0 Å². The van der Waals surface area contributed by atoms with Gasteiger partial charge in [-0.3, -0.25) is 4.79 Å². The van der Waals surface area contributed by atoms with E-state index in [9.17, 15) is 9.18 Å². The molecule has 0 fully saturated rings. The van der Waals surface area contributed by atoms with E-state index in [1.54, 1.807) is 24.1 Å². The van der Waals surface area contributed by atoms with Crippen LogP contribution in [0.1, 0.15) is 19.4 Å². The summed E-state index contributed by atoms with van der Waals surface area (Å²) in [5.74, 6) is 0.00415. The first-order valence-electron chi connectivity index (χ1n) is 6.40. The Morgan fingerprint density at radius 2 is 2.16 bits per heavy atom. The fraction of sp³-hybridized carbons (Fsp3) is 0.500. The summed E-state index contributed by atoms with van der Waals surface area (Å²) in [6.07, 6.45) is 0. The van der Waals surface area contributed by atoms with Crippen LogP contribution in [0.15, 0.2) is 18.2 Å². The predicted molar refractivity (Wildman–Crippen MR) is 75.4 cm³/mol. The van der Waals surface area contributed by atoms with Gasteiger partial charge in [-0.05, 0) is 18.1 Å². The van der Waals surface area contributed by atoms with E-state index in [1.807, 2.05) is 13.8 Å². The number of hydrogen-bond donors (Lipinski definition) is 2. The number of nitrogens with one attached hydrogen (secondary N) is 1. The molecule has 1 aromatic rings. The number of halogens is 1. The second kappa shape index (κ2) is 7.09.